The highest BCUT2D eigenvalue weighted by molar-refractivity contribution is 8.00. The van der Waals surface area contributed by atoms with Crippen molar-refractivity contribution in [3.8, 4) is 5.75 Å². The molecule has 3 aromatic rings. The molecule has 0 saturated carbocycles. The van der Waals surface area contributed by atoms with Gasteiger partial charge >= 0.3 is 6.03 Å². The van der Waals surface area contributed by atoms with Crippen LogP contribution in [-0.4, -0.2) is 24.7 Å². The van der Waals surface area contributed by atoms with Crippen LogP contribution in [0.25, 0.3) is 0 Å². The van der Waals surface area contributed by atoms with E-state index in [0.29, 0.717) is 17.0 Å². The predicted octanol–water partition coefficient (Wildman–Crippen LogP) is 5.31. The Morgan fingerprint density at radius 1 is 0.821 bits per heavy atom. The second-order valence-electron chi connectivity index (χ2n) is 5.91. The second kappa shape index (κ2) is 9.62. The maximum Gasteiger partial charge on any atom is 0.323 e. The molecule has 0 saturated heterocycles. The van der Waals surface area contributed by atoms with Crippen LogP contribution in [0.4, 0.5) is 16.2 Å². The number of carbonyl (C=O) groups excluding carboxylic acids is 2. The molecule has 0 spiro atoms. The van der Waals surface area contributed by atoms with Crippen LogP contribution in [-0.2, 0) is 0 Å². The quantitative estimate of drug-likeness (QED) is 0.422. The summed E-state index contributed by atoms with van der Waals surface area (Å²) in [6.07, 6.45) is 0. The smallest absolute Gasteiger partial charge is 0.323 e. The number of carbonyl (C=O) groups is 2. The lowest BCUT2D eigenvalue weighted by molar-refractivity contribution is 0.102. The predicted molar refractivity (Wildman–Crippen MR) is 114 cm³/mol. The van der Waals surface area contributed by atoms with Crippen molar-refractivity contribution in [2.75, 3.05) is 23.5 Å². The van der Waals surface area contributed by atoms with Gasteiger partial charge in [0.15, 0.2) is 5.78 Å². The Bertz CT molecular complexity index is 926. The van der Waals surface area contributed by atoms with Gasteiger partial charge in [0.25, 0.3) is 0 Å². The van der Waals surface area contributed by atoms with E-state index in [4.69, 9.17) is 4.74 Å². The van der Waals surface area contributed by atoms with Gasteiger partial charge in [-0.1, -0.05) is 18.2 Å². The molecule has 28 heavy (non-hydrogen) atoms. The van der Waals surface area contributed by atoms with Crippen LogP contribution in [0.1, 0.15) is 10.4 Å². The summed E-state index contributed by atoms with van der Waals surface area (Å²) in [7, 11) is 1.59. The Hall–Kier alpha value is -3.25. The molecule has 0 fully saturated rings. The van der Waals surface area contributed by atoms with Gasteiger partial charge in [0.1, 0.15) is 5.75 Å². The molecule has 0 aliphatic carbocycles. The van der Waals surface area contributed by atoms with E-state index in [-0.39, 0.29) is 11.8 Å². The van der Waals surface area contributed by atoms with Crippen LogP contribution in [0.15, 0.2) is 83.8 Å². The molecule has 0 unspecified atom stereocenters. The average Bonchev–Trinajstić information content (AvgIpc) is 2.73. The third-order valence-electron chi connectivity index (χ3n) is 3.93. The van der Waals surface area contributed by atoms with E-state index in [1.54, 1.807) is 31.4 Å². The van der Waals surface area contributed by atoms with Crippen molar-refractivity contribution in [3.05, 3.63) is 84.4 Å². The molecule has 0 bridgehead atoms. The zero-order chi connectivity index (χ0) is 19.8. The molecule has 3 rings (SSSR count). The molecule has 0 aliphatic rings. The summed E-state index contributed by atoms with van der Waals surface area (Å²) in [4.78, 5) is 25.2. The molecule has 0 aliphatic heterocycles. The third kappa shape index (κ3) is 5.62. The summed E-state index contributed by atoms with van der Waals surface area (Å²) < 4.78 is 5.10. The van der Waals surface area contributed by atoms with Gasteiger partial charge in [-0.25, -0.2) is 4.79 Å². The molecule has 2 N–H and O–H groups in total. The lowest BCUT2D eigenvalue weighted by Crippen LogP contribution is -2.19. The number of urea groups is 1. The number of benzene rings is 3. The molecule has 0 heterocycles. The number of thioether (sulfide) groups is 1. The van der Waals surface area contributed by atoms with Crippen LogP contribution in [0, 0.1) is 0 Å². The van der Waals surface area contributed by atoms with Crippen molar-refractivity contribution in [1.29, 1.82) is 0 Å². The molecule has 0 atom stereocenters. The number of hydrogen-bond acceptors (Lipinski definition) is 4. The second-order valence-corrected chi connectivity index (χ2v) is 6.96. The summed E-state index contributed by atoms with van der Waals surface area (Å²) in [5.41, 5.74) is 2.06. The standard InChI is InChI=1S/C22H20N2O3S/c1-27-19-11-7-16(8-12-19)21(25)15-28-20-13-9-18(10-14-20)24-22(26)23-17-5-3-2-4-6-17/h2-14H,15H2,1H3,(H2,23,24,26). The van der Waals surface area contributed by atoms with Gasteiger partial charge in [0, 0.05) is 21.8 Å². The van der Waals surface area contributed by atoms with E-state index < -0.39 is 0 Å². The Balaban J connectivity index is 1.49. The number of ether oxygens (including phenoxy) is 1. The molecule has 142 valence electrons. The van der Waals surface area contributed by atoms with Crippen molar-refractivity contribution >= 4 is 35.0 Å². The molecular weight excluding hydrogens is 372 g/mol. The molecular formula is C22H20N2O3S. The lowest BCUT2D eigenvalue weighted by Gasteiger charge is -2.08. The third-order valence-corrected chi connectivity index (χ3v) is 4.94. The summed E-state index contributed by atoms with van der Waals surface area (Å²) in [6, 6.07) is 23.4. The average molecular weight is 392 g/mol. The zero-order valence-corrected chi connectivity index (χ0v) is 16.2. The van der Waals surface area contributed by atoms with Crippen molar-refractivity contribution in [1.82, 2.24) is 0 Å². The van der Waals surface area contributed by atoms with Gasteiger partial charge < -0.3 is 15.4 Å². The monoisotopic (exact) mass is 392 g/mol. The number of anilines is 2. The summed E-state index contributed by atoms with van der Waals surface area (Å²) in [6.45, 7) is 0. The number of hydrogen-bond donors (Lipinski definition) is 2. The van der Waals surface area contributed by atoms with E-state index >= 15 is 0 Å². The fourth-order valence-corrected chi connectivity index (χ4v) is 3.25. The van der Waals surface area contributed by atoms with Gasteiger partial charge in [-0.05, 0) is 60.7 Å². The number of Topliss-reactive ketones (excluding diaryl/α,β-unsaturated/α-hetero) is 1. The van der Waals surface area contributed by atoms with Gasteiger partial charge in [0.05, 0.1) is 12.9 Å². The SMILES string of the molecule is COc1ccc(C(=O)CSc2ccc(NC(=O)Nc3ccccc3)cc2)cc1. The lowest BCUT2D eigenvalue weighted by atomic mass is 10.1. The summed E-state index contributed by atoms with van der Waals surface area (Å²) in [5, 5.41) is 5.54. The van der Waals surface area contributed by atoms with Crippen LogP contribution < -0.4 is 15.4 Å². The number of nitrogens with one attached hydrogen (secondary N) is 2. The van der Waals surface area contributed by atoms with Crippen LogP contribution in [0.2, 0.25) is 0 Å². The number of para-hydroxylation sites is 1. The van der Waals surface area contributed by atoms with E-state index in [0.717, 1.165) is 16.3 Å². The van der Waals surface area contributed by atoms with Gasteiger partial charge in [-0.2, -0.15) is 0 Å². The Labute approximate surface area is 168 Å². The minimum Gasteiger partial charge on any atom is -0.497 e. The number of ketones is 1. The molecule has 6 heteroatoms. The first-order valence-electron chi connectivity index (χ1n) is 8.67. The highest BCUT2D eigenvalue weighted by Gasteiger charge is 2.08. The Morgan fingerprint density at radius 3 is 2.04 bits per heavy atom. The maximum atomic E-state index is 12.3. The minimum atomic E-state index is -0.304. The maximum absolute atomic E-state index is 12.3. The van der Waals surface area contributed by atoms with E-state index in [1.165, 1.54) is 11.8 Å². The molecule has 3 aromatic carbocycles. The van der Waals surface area contributed by atoms with Gasteiger partial charge in [-0.3, -0.25) is 4.79 Å². The fourth-order valence-electron chi connectivity index (χ4n) is 2.46. The van der Waals surface area contributed by atoms with E-state index in [1.807, 2.05) is 54.6 Å². The first-order valence-corrected chi connectivity index (χ1v) is 9.66. The summed E-state index contributed by atoms with van der Waals surface area (Å²) >= 11 is 1.45. The fraction of sp³-hybridized carbons (Fsp3) is 0.0909. The largest absolute Gasteiger partial charge is 0.497 e. The van der Waals surface area contributed by atoms with Crippen molar-refractivity contribution in [3.63, 3.8) is 0 Å². The van der Waals surface area contributed by atoms with Gasteiger partial charge in [-0.15, -0.1) is 11.8 Å². The molecule has 0 aromatic heterocycles. The van der Waals surface area contributed by atoms with Crippen molar-refractivity contribution in [2.24, 2.45) is 0 Å². The van der Waals surface area contributed by atoms with Crippen LogP contribution in [0.5, 0.6) is 5.75 Å². The van der Waals surface area contributed by atoms with Crippen LogP contribution >= 0.6 is 11.8 Å². The normalized spacial score (nSPS) is 10.2. The highest BCUT2D eigenvalue weighted by atomic mass is 32.2. The summed E-state index contributed by atoms with van der Waals surface area (Å²) in [5.74, 6) is 1.12. The van der Waals surface area contributed by atoms with E-state index in [2.05, 4.69) is 10.6 Å². The minimum absolute atomic E-state index is 0.0529. The van der Waals surface area contributed by atoms with Crippen LogP contribution in [0.3, 0.4) is 0 Å². The van der Waals surface area contributed by atoms with E-state index in [9.17, 15) is 9.59 Å². The topological polar surface area (TPSA) is 67.4 Å². The molecule has 0 radical (unpaired) electrons. The van der Waals surface area contributed by atoms with Crippen molar-refractivity contribution < 1.29 is 14.3 Å². The number of amides is 2. The molecule has 5 nitrogen and oxygen atoms in total. The number of methoxy groups -OCH3 is 1. The first-order chi connectivity index (χ1) is 13.6. The Morgan fingerprint density at radius 2 is 1.43 bits per heavy atom. The van der Waals surface area contributed by atoms with Gasteiger partial charge in [0.2, 0.25) is 0 Å². The zero-order valence-electron chi connectivity index (χ0n) is 15.3. The van der Waals surface area contributed by atoms with Crippen molar-refractivity contribution in [2.45, 2.75) is 4.90 Å². The highest BCUT2D eigenvalue weighted by Crippen LogP contribution is 2.22. The first kappa shape index (κ1) is 19.5. The Kier molecular flexibility index (Phi) is 6.70. The molecule has 2 amide bonds. The number of rotatable bonds is 7.